The van der Waals surface area contributed by atoms with E-state index in [0.717, 1.165) is 0 Å². The third kappa shape index (κ3) is 5.95. The summed E-state index contributed by atoms with van der Waals surface area (Å²) in [7, 11) is -2.17. The number of hydrogen-bond donors (Lipinski definition) is 0. The maximum Gasteiger partial charge on any atom is 1.00 e. The number of rotatable bonds is 10. The predicted molar refractivity (Wildman–Crippen MR) is 179 cm³/mol. The van der Waals surface area contributed by atoms with Crippen LogP contribution in [0.15, 0.2) is 182 Å². The van der Waals surface area contributed by atoms with Gasteiger partial charge in [-0.15, -0.1) is 0 Å². The smallest absolute Gasteiger partial charge is 0.675 e. The Kier molecular flexibility index (Phi) is 10.2. The summed E-state index contributed by atoms with van der Waals surface area (Å²) in [6.07, 6.45) is 0. The van der Waals surface area contributed by atoms with Gasteiger partial charge in [0.1, 0.15) is 0 Å². The summed E-state index contributed by atoms with van der Waals surface area (Å²) in [6.45, 7) is 0. The fourth-order valence-corrected chi connectivity index (χ4v) is 11.9. The topological polar surface area (TPSA) is 14.1 Å². The molecule has 0 atom stereocenters. The third-order valence-corrected chi connectivity index (χ3v) is 13.5. The first-order valence-electron chi connectivity index (χ1n) is 14.3. The normalized spacial score (nSPS) is 12.0. The zero-order chi connectivity index (χ0) is 27.8. The molecule has 0 fully saturated rings. The molecule has 0 aromatic heterocycles. The van der Waals surface area contributed by atoms with E-state index in [4.69, 9.17) is 4.65 Å². The van der Waals surface area contributed by atoms with Crippen LogP contribution in [-0.4, -0.2) is 19.4 Å². The van der Waals surface area contributed by atoms with Crippen molar-refractivity contribution in [1.29, 1.82) is 0 Å². The number of benzene rings is 6. The third-order valence-electron chi connectivity index (χ3n) is 8.30. The van der Waals surface area contributed by atoms with Gasteiger partial charge in [0, 0.05) is 10.1 Å². The Bertz CT molecular complexity index is 1310. The van der Waals surface area contributed by atoms with Gasteiger partial charge in [-0.3, -0.25) is 0 Å². The number of hydrogen-bond acceptors (Lipinski definition) is 0. The summed E-state index contributed by atoms with van der Waals surface area (Å²) in [5.41, 5.74) is 7.95. The minimum atomic E-state index is -1.08. The molecule has 6 aromatic carbocycles. The average Bonchev–Trinajstić information content (AvgIpc) is 3.08. The molecule has 42 heavy (non-hydrogen) atoms. The van der Waals surface area contributed by atoms with Gasteiger partial charge in [-0.2, -0.15) is 0 Å². The monoisotopic (exact) mass is 583 g/mol. The molecule has 0 heterocycles. The maximum absolute atomic E-state index is 5.85. The molecule has 0 unspecified atom stereocenters. The van der Waals surface area contributed by atoms with Crippen LogP contribution in [0.2, 0.25) is 0 Å². The van der Waals surface area contributed by atoms with Crippen molar-refractivity contribution >= 4 is 19.4 Å². The zero-order valence-electron chi connectivity index (χ0n) is 24.2. The standard InChI is InChI=1S/C38H34NSi2.Na/c1-7-19-31(20-8-1)37(32-21-9-2-10-22-32,33-23-11-3-12-24-33)40-39-41-38(34-25-13-4-14-26-34,35-27-15-5-16-28-35)36-29-17-6-18-30-36;/h1-30H,40-41H2;/q-1;+1. The summed E-state index contributed by atoms with van der Waals surface area (Å²) >= 11 is 0. The molecule has 0 bridgehead atoms. The number of nitrogens with zero attached hydrogens (tertiary/aromatic N) is 1. The molecular weight excluding hydrogens is 550 g/mol. The first kappa shape index (κ1) is 30.2. The predicted octanol–water partition coefficient (Wildman–Crippen LogP) is 4.52. The van der Waals surface area contributed by atoms with E-state index >= 15 is 0 Å². The second-order valence-electron chi connectivity index (χ2n) is 10.5. The van der Waals surface area contributed by atoms with E-state index in [2.05, 4.69) is 182 Å². The molecule has 0 spiro atoms. The van der Waals surface area contributed by atoms with Crippen LogP contribution in [0.5, 0.6) is 0 Å². The van der Waals surface area contributed by atoms with Gasteiger partial charge < -0.3 is 4.65 Å². The molecule has 0 aliphatic rings. The van der Waals surface area contributed by atoms with E-state index in [9.17, 15) is 0 Å². The molecule has 6 aromatic rings. The molecule has 0 aliphatic heterocycles. The van der Waals surface area contributed by atoms with Crippen LogP contribution in [0, 0.1) is 0 Å². The Balaban J connectivity index is 0.00000353. The van der Waals surface area contributed by atoms with Gasteiger partial charge in [0.15, 0.2) is 0 Å². The fraction of sp³-hybridized carbons (Fsp3) is 0.0526. The van der Waals surface area contributed by atoms with Crippen molar-refractivity contribution in [2.45, 2.75) is 10.1 Å². The van der Waals surface area contributed by atoms with Crippen LogP contribution in [0.1, 0.15) is 33.4 Å². The van der Waals surface area contributed by atoms with Gasteiger partial charge in [0.2, 0.25) is 0 Å². The molecule has 0 aliphatic carbocycles. The van der Waals surface area contributed by atoms with Crippen molar-refractivity contribution in [3.63, 3.8) is 0 Å². The van der Waals surface area contributed by atoms with Crippen molar-refractivity contribution in [3.05, 3.63) is 220 Å². The van der Waals surface area contributed by atoms with Gasteiger partial charge >= 0.3 is 29.6 Å². The summed E-state index contributed by atoms with van der Waals surface area (Å²) < 4.78 is 5.85. The van der Waals surface area contributed by atoms with E-state index in [1.165, 1.54) is 33.4 Å². The van der Waals surface area contributed by atoms with Crippen molar-refractivity contribution in [1.82, 2.24) is 0 Å². The van der Waals surface area contributed by atoms with Crippen LogP contribution < -0.4 is 29.6 Å². The molecule has 0 saturated heterocycles. The summed E-state index contributed by atoms with van der Waals surface area (Å²) in [6, 6.07) is 66.3. The minimum absolute atomic E-state index is 0. The van der Waals surface area contributed by atoms with E-state index in [1.807, 2.05) is 0 Å². The van der Waals surface area contributed by atoms with E-state index < -0.39 is 19.4 Å². The molecular formula is C38H34NNaSi2. The van der Waals surface area contributed by atoms with E-state index in [0.29, 0.717) is 0 Å². The van der Waals surface area contributed by atoms with Crippen LogP contribution in [0.3, 0.4) is 0 Å². The molecule has 200 valence electrons. The zero-order valence-corrected chi connectivity index (χ0v) is 29.0. The Labute approximate surface area is 277 Å². The van der Waals surface area contributed by atoms with Gasteiger partial charge in [-0.05, 0) is 33.4 Å². The molecule has 6 rings (SSSR count). The minimum Gasteiger partial charge on any atom is -0.675 e. The Morgan fingerprint density at radius 3 is 0.619 bits per heavy atom. The van der Waals surface area contributed by atoms with Gasteiger partial charge in [0.05, 0.1) is 0 Å². The second kappa shape index (κ2) is 14.3. The molecule has 0 amide bonds. The van der Waals surface area contributed by atoms with Crippen molar-refractivity contribution in [2.75, 3.05) is 0 Å². The van der Waals surface area contributed by atoms with E-state index in [-0.39, 0.29) is 39.6 Å². The summed E-state index contributed by atoms with van der Waals surface area (Å²) in [5.74, 6) is 0. The van der Waals surface area contributed by atoms with Crippen molar-refractivity contribution in [2.24, 2.45) is 0 Å². The van der Waals surface area contributed by atoms with Gasteiger partial charge in [-0.1, -0.05) is 201 Å². The first-order valence-corrected chi connectivity index (χ1v) is 17.0. The Morgan fingerprint density at radius 1 is 0.286 bits per heavy atom. The van der Waals surface area contributed by atoms with Crippen LogP contribution in [-0.2, 0) is 10.1 Å². The molecule has 0 saturated carbocycles. The van der Waals surface area contributed by atoms with Gasteiger partial charge in [-0.25, -0.2) is 0 Å². The Hall–Kier alpha value is -3.29. The summed E-state index contributed by atoms with van der Waals surface area (Å²) in [5, 5.41) is -0.515. The largest absolute Gasteiger partial charge is 1.00 e. The fourth-order valence-electron chi connectivity index (χ4n) is 6.28. The van der Waals surface area contributed by atoms with Crippen molar-refractivity contribution in [3.8, 4) is 0 Å². The van der Waals surface area contributed by atoms with Crippen LogP contribution in [0.4, 0.5) is 0 Å². The molecule has 4 heteroatoms. The maximum atomic E-state index is 5.85. The van der Waals surface area contributed by atoms with Crippen molar-refractivity contribution < 1.29 is 29.6 Å². The first-order chi connectivity index (χ1) is 20.3. The molecule has 1 nitrogen and oxygen atoms in total. The SMILES string of the molecule is [Na+].c1ccc(C([SiH2][N-][SiH2]C(c2ccccc2)(c2ccccc2)c2ccccc2)(c2ccccc2)c2ccccc2)cc1. The van der Waals surface area contributed by atoms with Crippen LogP contribution >= 0.6 is 0 Å². The Morgan fingerprint density at radius 2 is 0.452 bits per heavy atom. The summed E-state index contributed by atoms with van der Waals surface area (Å²) in [4.78, 5) is 0. The molecule has 0 N–H and O–H groups in total. The van der Waals surface area contributed by atoms with Crippen LogP contribution in [0.25, 0.3) is 4.65 Å². The quantitative estimate of drug-likeness (QED) is 0.166. The van der Waals surface area contributed by atoms with Gasteiger partial charge in [0.25, 0.3) is 0 Å². The second-order valence-corrected chi connectivity index (χ2v) is 15.1. The average molecular weight is 584 g/mol. The molecule has 0 radical (unpaired) electrons. The van der Waals surface area contributed by atoms with E-state index in [1.54, 1.807) is 0 Å².